The second-order valence-electron chi connectivity index (χ2n) is 4.43. The van der Waals surface area contributed by atoms with Crippen molar-refractivity contribution in [2.45, 2.75) is 19.3 Å². The third-order valence-corrected chi connectivity index (χ3v) is 3.28. The molecule has 0 aromatic carbocycles. The van der Waals surface area contributed by atoms with Crippen LogP contribution in [0.2, 0.25) is 0 Å². The predicted octanol–water partition coefficient (Wildman–Crippen LogP) is 1.96. The van der Waals surface area contributed by atoms with Gasteiger partial charge in [-0.1, -0.05) is 6.07 Å². The number of carbonyl (C=O) groups excluding carboxylic acids is 1. The van der Waals surface area contributed by atoms with Crippen LogP contribution in [0, 0.1) is 0 Å². The fourth-order valence-electron chi connectivity index (χ4n) is 2.35. The molecule has 1 aliphatic heterocycles. The van der Waals surface area contributed by atoms with Crippen LogP contribution in [0.1, 0.15) is 29.8 Å². The van der Waals surface area contributed by atoms with Crippen LogP contribution in [0.4, 0.5) is 0 Å². The summed E-state index contributed by atoms with van der Waals surface area (Å²) in [4.78, 5) is 18.5. The molecule has 0 bridgehead atoms. The predicted molar refractivity (Wildman–Crippen MR) is 64.9 cm³/mol. The molecule has 0 saturated carbocycles. The first kappa shape index (κ1) is 10.3. The third kappa shape index (κ3) is 1.79. The number of likely N-dealkylation sites (tertiary alicyclic amines) is 1. The van der Waals surface area contributed by atoms with Crippen molar-refractivity contribution >= 4 is 11.6 Å². The molecule has 1 amide bonds. The van der Waals surface area contributed by atoms with Crippen LogP contribution in [0.5, 0.6) is 0 Å². The average molecular weight is 229 g/mol. The van der Waals surface area contributed by atoms with Gasteiger partial charge in [0.15, 0.2) is 0 Å². The molecule has 2 aromatic heterocycles. The van der Waals surface area contributed by atoms with E-state index in [0.717, 1.165) is 31.6 Å². The van der Waals surface area contributed by atoms with Gasteiger partial charge in [-0.2, -0.15) is 0 Å². The van der Waals surface area contributed by atoms with Gasteiger partial charge in [0.05, 0.1) is 6.20 Å². The number of aromatic nitrogens is 2. The van der Waals surface area contributed by atoms with E-state index in [1.807, 2.05) is 33.7 Å². The Bertz CT molecular complexity index is 540. The molecule has 0 spiro atoms. The lowest BCUT2D eigenvalue weighted by atomic mass is 10.1. The standard InChI is InChI=1S/C13H15N3O/c17-13(15-7-3-1-4-8-15)11-10-14-12-6-2-5-9-16(11)12/h2,5-6,9-10H,1,3-4,7-8H2. The fourth-order valence-corrected chi connectivity index (χ4v) is 2.35. The zero-order valence-electron chi connectivity index (χ0n) is 9.67. The fraction of sp³-hybridized carbons (Fsp3) is 0.385. The molecular formula is C13H15N3O. The highest BCUT2D eigenvalue weighted by molar-refractivity contribution is 5.93. The van der Waals surface area contributed by atoms with Gasteiger partial charge in [-0.25, -0.2) is 4.98 Å². The van der Waals surface area contributed by atoms with Crippen molar-refractivity contribution in [1.82, 2.24) is 14.3 Å². The van der Waals surface area contributed by atoms with Crippen LogP contribution in [-0.4, -0.2) is 33.3 Å². The number of hydrogen-bond acceptors (Lipinski definition) is 2. The topological polar surface area (TPSA) is 37.6 Å². The summed E-state index contributed by atoms with van der Waals surface area (Å²) < 4.78 is 1.86. The molecular weight excluding hydrogens is 214 g/mol. The van der Waals surface area contributed by atoms with Crippen LogP contribution >= 0.6 is 0 Å². The van der Waals surface area contributed by atoms with Crippen molar-refractivity contribution in [3.63, 3.8) is 0 Å². The Labute approximate surface area is 99.9 Å². The molecule has 3 heterocycles. The normalized spacial score (nSPS) is 16.4. The van der Waals surface area contributed by atoms with E-state index in [2.05, 4.69) is 4.98 Å². The van der Waals surface area contributed by atoms with Gasteiger partial charge >= 0.3 is 0 Å². The van der Waals surface area contributed by atoms with E-state index < -0.39 is 0 Å². The number of nitrogens with zero attached hydrogens (tertiary/aromatic N) is 3. The Balaban J connectivity index is 1.95. The Morgan fingerprint density at radius 2 is 2.00 bits per heavy atom. The molecule has 0 radical (unpaired) electrons. The van der Waals surface area contributed by atoms with E-state index in [4.69, 9.17) is 0 Å². The van der Waals surface area contributed by atoms with Crippen LogP contribution in [0.15, 0.2) is 30.6 Å². The molecule has 0 N–H and O–H groups in total. The van der Waals surface area contributed by atoms with E-state index in [1.165, 1.54) is 6.42 Å². The minimum Gasteiger partial charge on any atom is -0.337 e. The van der Waals surface area contributed by atoms with E-state index >= 15 is 0 Å². The summed E-state index contributed by atoms with van der Waals surface area (Å²) >= 11 is 0. The number of hydrogen-bond donors (Lipinski definition) is 0. The van der Waals surface area contributed by atoms with E-state index in [-0.39, 0.29) is 5.91 Å². The Morgan fingerprint density at radius 3 is 2.82 bits per heavy atom. The van der Waals surface area contributed by atoms with Crippen LogP contribution in [0.25, 0.3) is 5.65 Å². The van der Waals surface area contributed by atoms with E-state index in [0.29, 0.717) is 5.69 Å². The summed E-state index contributed by atoms with van der Waals surface area (Å²) in [5, 5.41) is 0. The highest BCUT2D eigenvalue weighted by atomic mass is 16.2. The Kier molecular flexibility index (Phi) is 2.55. The molecule has 2 aromatic rings. The number of amides is 1. The monoisotopic (exact) mass is 229 g/mol. The molecule has 0 unspecified atom stereocenters. The largest absolute Gasteiger partial charge is 0.337 e. The maximum absolute atomic E-state index is 12.3. The molecule has 88 valence electrons. The highest BCUT2D eigenvalue weighted by Gasteiger charge is 2.20. The molecule has 0 atom stereocenters. The number of piperidine rings is 1. The van der Waals surface area contributed by atoms with Crippen LogP contribution < -0.4 is 0 Å². The van der Waals surface area contributed by atoms with Crippen LogP contribution in [-0.2, 0) is 0 Å². The molecule has 0 aliphatic carbocycles. The van der Waals surface area contributed by atoms with Gasteiger partial charge in [0, 0.05) is 19.3 Å². The number of fused-ring (bicyclic) bond motifs is 1. The minimum absolute atomic E-state index is 0.100. The number of carbonyl (C=O) groups is 1. The van der Waals surface area contributed by atoms with Crippen molar-refractivity contribution in [2.24, 2.45) is 0 Å². The summed E-state index contributed by atoms with van der Waals surface area (Å²) in [6.07, 6.45) is 7.02. The first-order valence-electron chi connectivity index (χ1n) is 6.07. The highest BCUT2D eigenvalue weighted by Crippen LogP contribution is 2.14. The Morgan fingerprint density at radius 1 is 1.18 bits per heavy atom. The van der Waals surface area contributed by atoms with Crippen molar-refractivity contribution in [3.05, 3.63) is 36.3 Å². The van der Waals surface area contributed by atoms with Crippen LogP contribution in [0.3, 0.4) is 0 Å². The minimum atomic E-state index is 0.100. The molecule has 3 rings (SSSR count). The van der Waals surface area contributed by atoms with Crippen molar-refractivity contribution in [3.8, 4) is 0 Å². The lowest BCUT2D eigenvalue weighted by Crippen LogP contribution is -2.36. The number of pyridine rings is 1. The summed E-state index contributed by atoms with van der Waals surface area (Å²) in [7, 11) is 0. The number of imidazole rings is 1. The SMILES string of the molecule is O=C(c1cnc2ccccn12)N1CCCCC1. The van der Waals surface area contributed by atoms with Gasteiger partial charge in [0.2, 0.25) is 0 Å². The van der Waals surface area contributed by atoms with Gasteiger partial charge in [0.25, 0.3) is 5.91 Å². The average Bonchev–Trinajstić information content (AvgIpc) is 2.83. The zero-order valence-corrected chi connectivity index (χ0v) is 9.67. The van der Waals surface area contributed by atoms with E-state index in [9.17, 15) is 4.79 Å². The quantitative estimate of drug-likeness (QED) is 0.749. The zero-order chi connectivity index (χ0) is 11.7. The maximum atomic E-state index is 12.3. The smallest absolute Gasteiger partial charge is 0.272 e. The molecule has 1 saturated heterocycles. The first-order chi connectivity index (χ1) is 8.36. The third-order valence-electron chi connectivity index (χ3n) is 3.28. The van der Waals surface area contributed by atoms with Gasteiger partial charge in [0.1, 0.15) is 11.3 Å². The number of rotatable bonds is 1. The molecule has 1 aliphatic rings. The summed E-state index contributed by atoms with van der Waals surface area (Å²) in [5.41, 5.74) is 1.50. The molecule has 4 nitrogen and oxygen atoms in total. The summed E-state index contributed by atoms with van der Waals surface area (Å²) in [6, 6.07) is 5.76. The lowest BCUT2D eigenvalue weighted by Gasteiger charge is -2.26. The van der Waals surface area contributed by atoms with Gasteiger partial charge in [-0.05, 0) is 31.4 Å². The Hall–Kier alpha value is -1.84. The van der Waals surface area contributed by atoms with Crippen molar-refractivity contribution in [1.29, 1.82) is 0 Å². The van der Waals surface area contributed by atoms with Crippen molar-refractivity contribution < 1.29 is 4.79 Å². The molecule has 17 heavy (non-hydrogen) atoms. The second kappa shape index (κ2) is 4.20. The first-order valence-corrected chi connectivity index (χ1v) is 6.07. The van der Waals surface area contributed by atoms with Gasteiger partial charge in [-0.15, -0.1) is 0 Å². The lowest BCUT2D eigenvalue weighted by molar-refractivity contribution is 0.0717. The maximum Gasteiger partial charge on any atom is 0.272 e. The summed E-state index contributed by atoms with van der Waals surface area (Å²) in [6.45, 7) is 1.75. The van der Waals surface area contributed by atoms with Crippen molar-refractivity contribution in [2.75, 3.05) is 13.1 Å². The molecule has 1 fully saturated rings. The second-order valence-corrected chi connectivity index (χ2v) is 4.43. The summed E-state index contributed by atoms with van der Waals surface area (Å²) in [5.74, 6) is 0.100. The van der Waals surface area contributed by atoms with Gasteiger partial charge < -0.3 is 4.90 Å². The van der Waals surface area contributed by atoms with Gasteiger partial charge in [-0.3, -0.25) is 9.20 Å². The molecule has 4 heteroatoms. The van der Waals surface area contributed by atoms with E-state index in [1.54, 1.807) is 6.20 Å².